The molecule has 1 aromatic rings. The van der Waals surface area contributed by atoms with E-state index in [2.05, 4.69) is 10.4 Å². The lowest BCUT2D eigenvalue weighted by Gasteiger charge is -2.31. The van der Waals surface area contributed by atoms with E-state index in [0.29, 0.717) is 11.1 Å². The second-order valence-corrected chi connectivity index (χ2v) is 6.14. The summed E-state index contributed by atoms with van der Waals surface area (Å²) in [7, 11) is 0. The van der Waals surface area contributed by atoms with Gasteiger partial charge in [0.25, 0.3) is 5.69 Å². The summed E-state index contributed by atoms with van der Waals surface area (Å²) in [5, 5.41) is 17.3. The minimum absolute atomic E-state index is 0.101. The summed E-state index contributed by atoms with van der Waals surface area (Å²) in [6.07, 6.45) is -5.77. The van der Waals surface area contributed by atoms with Gasteiger partial charge in [0, 0.05) is 11.6 Å². The van der Waals surface area contributed by atoms with Crippen LogP contribution in [0.3, 0.4) is 0 Å². The van der Waals surface area contributed by atoms with Crippen LogP contribution in [-0.2, 0) is 6.54 Å². The van der Waals surface area contributed by atoms with Crippen molar-refractivity contribution in [2.24, 2.45) is 5.10 Å². The third-order valence-corrected chi connectivity index (χ3v) is 3.73. The summed E-state index contributed by atoms with van der Waals surface area (Å²) in [5.74, 6) is -6.59. The molecule has 0 saturated carbocycles. The summed E-state index contributed by atoms with van der Waals surface area (Å²) >= 11 is 0. The molecular formula is C14H15F5N4O2. The van der Waals surface area contributed by atoms with Gasteiger partial charge in [-0.15, -0.1) is 0 Å². The monoisotopic (exact) mass is 366 g/mol. The molecule has 0 spiro atoms. The van der Waals surface area contributed by atoms with Crippen LogP contribution in [0, 0.1) is 17.0 Å². The topological polar surface area (TPSA) is 70.8 Å². The molecule has 1 aliphatic rings. The summed E-state index contributed by atoms with van der Waals surface area (Å²) < 4.78 is 64.5. The van der Waals surface area contributed by atoms with Crippen LogP contribution in [0.5, 0.6) is 0 Å². The minimum Gasteiger partial charge on any atom is -0.343 e. The number of benzene rings is 1. The van der Waals surface area contributed by atoms with Crippen LogP contribution in [0.1, 0.15) is 25.0 Å². The van der Waals surface area contributed by atoms with Gasteiger partial charge in [0.1, 0.15) is 5.66 Å². The number of halogens is 5. The number of nitrogens with zero attached hydrogens (tertiary/aromatic N) is 3. The Morgan fingerprint density at radius 3 is 2.36 bits per heavy atom. The summed E-state index contributed by atoms with van der Waals surface area (Å²) in [6, 6.07) is 4.11. The minimum atomic E-state index is -5.77. The van der Waals surface area contributed by atoms with Gasteiger partial charge in [-0.1, -0.05) is 6.07 Å². The molecule has 1 aromatic carbocycles. The van der Waals surface area contributed by atoms with Crippen LogP contribution in [0.15, 0.2) is 23.3 Å². The number of rotatable bonds is 4. The zero-order valence-corrected chi connectivity index (χ0v) is 13.5. The lowest BCUT2D eigenvalue weighted by Crippen LogP contribution is -2.54. The predicted octanol–water partition coefficient (Wildman–Crippen LogP) is 3.56. The molecule has 6 nitrogen and oxygen atoms in total. The van der Waals surface area contributed by atoms with Gasteiger partial charge in [0.05, 0.1) is 11.5 Å². The average molecular weight is 366 g/mol. The van der Waals surface area contributed by atoms with Crippen molar-refractivity contribution in [3.05, 3.63) is 39.4 Å². The van der Waals surface area contributed by atoms with Crippen molar-refractivity contribution >= 4 is 11.5 Å². The quantitative estimate of drug-likeness (QED) is 0.503. The number of nitrogens with one attached hydrogen (secondary N) is 1. The summed E-state index contributed by atoms with van der Waals surface area (Å²) in [4.78, 5) is 10.2. The normalized spacial score (nSPS) is 17.3. The maximum Gasteiger partial charge on any atom is 0.461 e. The maximum atomic E-state index is 13.5. The lowest BCUT2D eigenvalue weighted by molar-refractivity contribution is -0.385. The standard InChI is InChI=1S/C14H15F5N4O2/c1-8-6-9(4-5-10(8)23(24)25)7-22-12(2,3)20-11(21-22)13(15,16)14(17,18)19/h4-6H,7H2,1-3H3,(H,20,21). The van der Waals surface area contributed by atoms with Crippen molar-refractivity contribution in [2.45, 2.75) is 45.1 Å². The van der Waals surface area contributed by atoms with E-state index in [0.717, 1.165) is 5.01 Å². The third kappa shape index (κ3) is 3.49. The van der Waals surface area contributed by atoms with Crippen LogP contribution in [-0.4, -0.2) is 33.5 Å². The molecule has 0 saturated heterocycles. The predicted molar refractivity (Wildman–Crippen MR) is 79.0 cm³/mol. The molecule has 11 heteroatoms. The molecule has 0 aliphatic carbocycles. The number of alkyl halides is 5. The fourth-order valence-corrected chi connectivity index (χ4v) is 2.33. The molecule has 25 heavy (non-hydrogen) atoms. The van der Waals surface area contributed by atoms with E-state index in [9.17, 15) is 32.1 Å². The Kier molecular flexibility index (Phi) is 4.39. The zero-order chi connectivity index (χ0) is 19.2. The molecule has 138 valence electrons. The largest absolute Gasteiger partial charge is 0.461 e. The highest BCUT2D eigenvalue weighted by molar-refractivity contribution is 5.91. The van der Waals surface area contributed by atoms with E-state index in [1.54, 1.807) is 0 Å². The van der Waals surface area contributed by atoms with E-state index >= 15 is 0 Å². The van der Waals surface area contributed by atoms with Gasteiger partial charge >= 0.3 is 12.1 Å². The Morgan fingerprint density at radius 1 is 1.28 bits per heavy atom. The van der Waals surface area contributed by atoms with Crippen molar-refractivity contribution < 1.29 is 26.9 Å². The number of aryl methyl sites for hydroxylation is 1. The molecular weight excluding hydrogens is 351 g/mol. The first-order valence-corrected chi connectivity index (χ1v) is 7.09. The average Bonchev–Trinajstić information content (AvgIpc) is 2.73. The van der Waals surface area contributed by atoms with E-state index < -0.39 is 28.5 Å². The Labute approximate surface area is 139 Å². The van der Waals surface area contributed by atoms with E-state index in [1.807, 2.05) is 0 Å². The van der Waals surface area contributed by atoms with E-state index in [1.165, 1.54) is 39.0 Å². The highest BCUT2D eigenvalue weighted by Gasteiger charge is 2.64. The van der Waals surface area contributed by atoms with Crippen molar-refractivity contribution in [3.8, 4) is 0 Å². The number of amidine groups is 1. The Bertz CT molecular complexity index is 730. The molecule has 1 N–H and O–H groups in total. The fraction of sp³-hybridized carbons (Fsp3) is 0.500. The van der Waals surface area contributed by atoms with Crippen LogP contribution in [0.2, 0.25) is 0 Å². The van der Waals surface area contributed by atoms with Crippen molar-refractivity contribution in [2.75, 3.05) is 0 Å². The van der Waals surface area contributed by atoms with Crippen LogP contribution in [0.25, 0.3) is 0 Å². The lowest BCUT2D eigenvalue weighted by atomic mass is 10.1. The van der Waals surface area contributed by atoms with Crippen molar-refractivity contribution in [3.63, 3.8) is 0 Å². The smallest absolute Gasteiger partial charge is 0.343 e. The molecule has 2 rings (SSSR count). The summed E-state index contributed by atoms with van der Waals surface area (Å²) in [6.45, 7) is 4.19. The van der Waals surface area contributed by atoms with Gasteiger partial charge in [-0.2, -0.15) is 27.1 Å². The summed E-state index contributed by atoms with van der Waals surface area (Å²) in [5.41, 5.74) is -0.578. The number of hydrogen-bond donors (Lipinski definition) is 1. The van der Waals surface area contributed by atoms with Crippen LogP contribution in [0.4, 0.5) is 27.6 Å². The van der Waals surface area contributed by atoms with Crippen LogP contribution < -0.4 is 5.32 Å². The second kappa shape index (κ2) is 5.81. The van der Waals surface area contributed by atoms with Gasteiger partial charge in [-0.3, -0.25) is 15.1 Å². The highest BCUT2D eigenvalue weighted by Crippen LogP contribution is 2.38. The SMILES string of the molecule is Cc1cc(CN2N=C(C(F)(F)C(F)(F)F)NC2(C)C)ccc1[N+](=O)[O-]. The Morgan fingerprint density at radius 2 is 1.88 bits per heavy atom. The number of nitro benzene ring substituents is 1. The maximum absolute atomic E-state index is 13.5. The first-order chi connectivity index (χ1) is 11.3. The Hall–Kier alpha value is -2.46. The van der Waals surface area contributed by atoms with Gasteiger partial charge < -0.3 is 5.32 Å². The number of nitro groups is 1. The van der Waals surface area contributed by atoms with Gasteiger partial charge in [-0.25, -0.2) is 0 Å². The van der Waals surface area contributed by atoms with Crippen molar-refractivity contribution in [1.82, 2.24) is 10.3 Å². The third-order valence-electron chi connectivity index (χ3n) is 3.73. The van der Waals surface area contributed by atoms with E-state index in [4.69, 9.17) is 0 Å². The number of hydrazone groups is 1. The first-order valence-electron chi connectivity index (χ1n) is 7.09. The molecule has 0 atom stereocenters. The molecule has 1 heterocycles. The highest BCUT2D eigenvalue weighted by atomic mass is 19.4. The molecule has 0 bridgehead atoms. The molecule has 0 fully saturated rings. The number of hydrogen-bond acceptors (Lipinski definition) is 5. The van der Waals surface area contributed by atoms with Crippen molar-refractivity contribution in [1.29, 1.82) is 0 Å². The molecule has 0 radical (unpaired) electrons. The zero-order valence-electron chi connectivity index (χ0n) is 13.5. The van der Waals surface area contributed by atoms with Gasteiger partial charge in [0.2, 0.25) is 5.84 Å². The molecule has 1 aliphatic heterocycles. The van der Waals surface area contributed by atoms with Crippen LogP contribution >= 0.6 is 0 Å². The first kappa shape index (κ1) is 18.9. The second-order valence-electron chi connectivity index (χ2n) is 6.14. The van der Waals surface area contributed by atoms with Gasteiger partial charge in [-0.05, 0) is 32.4 Å². The molecule has 0 aromatic heterocycles. The Balaban J connectivity index is 2.30. The molecule has 0 amide bonds. The van der Waals surface area contributed by atoms with Gasteiger partial charge in [0.15, 0.2) is 0 Å². The van der Waals surface area contributed by atoms with E-state index in [-0.39, 0.29) is 12.2 Å². The molecule has 0 unspecified atom stereocenters. The fourth-order valence-electron chi connectivity index (χ4n) is 2.33.